The summed E-state index contributed by atoms with van der Waals surface area (Å²) in [5.74, 6) is 1.46. The van der Waals surface area contributed by atoms with Crippen LogP contribution < -0.4 is 4.74 Å². The fourth-order valence-electron chi connectivity index (χ4n) is 1.94. The predicted molar refractivity (Wildman–Crippen MR) is 79.4 cm³/mol. The summed E-state index contributed by atoms with van der Waals surface area (Å²) < 4.78 is 5.71. The molecule has 3 heteroatoms. The van der Waals surface area contributed by atoms with Gasteiger partial charge in [0.05, 0.1) is 6.20 Å². The molecule has 0 radical (unpaired) electrons. The molecule has 0 aliphatic heterocycles. The minimum absolute atomic E-state index is 0.0421. The van der Waals surface area contributed by atoms with Gasteiger partial charge in [-0.05, 0) is 36.2 Å². The van der Waals surface area contributed by atoms with Crippen LogP contribution in [0.15, 0.2) is 42.6 Å². The van der Waals surface area contributed by atoms with Crippen LogP contribution in [0.2, 0.25) is 0 Å². The second kappa shape index (κ2) is 6.85. The van der Waals surface area contributed by atoms with Crippen molar-refractivity contribution in [2.75, 3.05) is 0 Å². The Morgan fingerprint density at radius 1 is 1.05 bits per heavy atom. The molecule has 0 spiro atoms. The predicted octanol–water partition coefficient (Wildman–Crippen LogP) is 4.42. The van der Waals surface area contributed by atoms with E-state index in [2.05, 4.69) is 24.0 Å². The molecule has 0 fully saturated rings. The fraction of sp³-hybridized carbons (Fsp3) is 0.294. The van der Waals surface area contributed by atoms with E-state index < -0.39 is 0 Å². The van der Waals surface area contributed by atoms with Gasteiger partial charge in [0.25, 0.3) is 0 Å². The first-order chi connectivity index (χ1) is 9.72. The van der Waals surface area contributed by atoms with Crippen molar-refractivity contribution in [2.24, 2.45) is 0 Å². The zero-order valence-electron chi connectivity index (χ0n) is 11.9. The molecule has 0 amide bonds. The Morgan fingerprint density at radius 3 is 2.30 bits per heavy atom. The summed E-state index contributed by atoms with van der Waals surface area (Å²) in [7, 11) is 0. The van der Waals surface area contributed by atoms with E-state index in [0.717, 1.165) is 18.6 Å². The zero-order chi connectivity index (χ0) is 14.4. The van der Waals surface area contributed by atoms with Crippen LogP contribution in [0.1, 0.15) is 42.7 Å². The Bertz CT molecular complexity index is 559. The molecule has 2 rings (SSSR count). The lowest BCUT2D eigenvalue weighted by Gasteiger charge is -2.06. The Labute approximate surface area is 119 Å². The standard InChI is InChI=1S/C17H19NO2/c1-3-5-13-6-8-14(9-7-13)20-15-10-11-16(18-12-15)17(19)4-2/h6-12H,3-5H2,1-2H3. The molecule has 0 aliphatic carbocycles. The molecule has 2 aromatic rings. The Kier molecular flexibility index (Phi) is 4.88. The number of ketones is 1. The third-order valence-electron chi connectivity index (χ3n) is 3.04. The highest BCUT2D eigenvalue weighted by Crippen LogP contribution is 2.21. The molecule has 0 aliphatic rings. The largest absolute Gasteiger partial charge is 0.456 e. The molecule has 0 bridgehead atoms. The summed E-state index contributed by atoms with van der Waals surface area (Å²) in [6.07, 6.45) is 4.27. The van der Waals surface area contributed by atoms with Crippen LogP contribution in [-0.4, -0.2) is 10.8 Å². The highest BCUT2D eigenvalue weighted by molar-refractivity contribution is 5.93. The van der Waals surface area contributed by atoms with Gasteiger partial charge in [0, 0.05) is 6.42 Å². The number of aryl methyl sites for hydroxylation is 1. The molecule has 0 N–H and O–H groups in total. The lowest BCUT2D eigenvalue weighted by molar-refractivity contribution is 0.0983. The molecular weight excluding hydrogens is 250 g/mol. The van der Waals surface area contributed by atoms with E-state index in [0.29, 0.717) is 17.9 Å². The molecule has 1 heterocycles. The molecule has 1 aromatic carbocycles. The second-order valence-corrected chi connectivity index (χ2v) is 4.65. The first-order valence-electron chi connectivity index (χ1n) is 6.99. The first kappa shape index (κ1) is 14.3. The molecule has 3 nitrogen and oxygen atoms in total. The number of hydrogen-bond donors (Lipinski definition) is 0. The monoisotopic (exact) mass is 269 g/mol. The SMILES string of the molecule is CCCc1ccc(Oc2ccc(C(=O)CC)nc2)cc1. The number of pyridine rings is 1. The van der Waals surface area contributed by atoms with E-state index in [-0.39, 0.29) is 5.78 Å². The van der Waals surface area contributed by atoms with Crippen molar-refractivity contribution in [1.29, 1.82) is 0 Å². The van der Waals surface area contributed by atoms with E-state index in [9.17, 15) is 4.79 Å². The second-order valence-electron chi connectivity index (χ2n) is 4.65. The quantitative estimate of drug-likeness (QED) is 0.729. The number of aromatic nitrogens is 1. The fourth-order valence-corrected chi connectivity index (χ4v) is 1.94. The Balaban J connectivity index is 2.04. The minimum atomic E-state index is 0.0421. The first-order valence-corrected chi connectivity index (χ1v) is 6.99. The summed E-state index contributed by atoms with van der Waals surface area (Å²) in [4.78, 5) is 15.6. The van der Waals surface area contributed by atoms with Gasteiger partial charge in [-0.2, -0.15) is 0 Å². The van der Waals surface area contributed by atoms with Crippen LogP contribution in [0, 0.1) is 0 Å². The summed E-state index contributed by atoms with van der Waals surface area (Å²) in [6, 6.07) is 11.5. The number of benzene rings is 1. The zero-order valence-corrected chi connectivity index (χ0v) is 11.9. The van der Waals surface area contributed by atoms with E-state index >= 15 is 0 Å². The lowest BCUT2D eigenvalue weighted by Crippen LogP contribution is -1.99. The van der Waals surface area contributed by atoms with Crippen LogP contribution >= 0.6 is 0 Å². The summed E-state index contributed by atoms with van der Waals surface area (Å²) >= 11 is 0. The third kappa shape index (κ3) is 3.67. The summed E-state index contributed by atoms with van der Waals surface area (Å²) in [6.45, 7) is 3.99. The molecule has 0 saturated heterocycles. The van der Waals surface area contributed by atoms with Gasteiger partial charge in [-0.15, -0.1) is 0 Å². The number of rotatable bonds is 6. The average molecular weight is 269 g/mol. The van der Waals surface area contributed by atoms with Crippen LogP contribution in [0.5, 0.6) is 11.5 Å². The van der Waals surface area contributed by atoms with Gasteiger partial charge in [0.15, 0.2) is 5.78 Å². The van der Waals surface area contributed by atoms with Crippen LogP contribution in [0.3, 0.4) is 0 Å². The maximum absolute atomic E-state index is 11.5. The lowest BCUT2D eigenvalue weighted by atomic mass is 10.1. The molecule has 104 valence electrons. The van der Waals surface area contributed by atoms with Gasteiger partial charge < -0.3 is 4.74 Å². The van der Waals surface area contributed by atoms with E-state index in [1.54, 1.807) is 18.3 Å². The highest BCUT2D eigenvalue weighted by atomic mass is 16.5. The average Bonchev–Trinajstić information content (AvgIpc) is 2.49. The molecule has 0 saturated carbocycles. The van der Waals surface area contributed by atoms with Crippen LogP contribution in [0.4, 0.5) is 0 Å². The molecule has 0 atom stereocenters. The van der Waals surface area contributed by atoms with Crippen molar-refractivity contribution in [1.82, 2.24) is 4.98 Å². The van der Waals surface area contributed by atoms with Crippen LogP contribution in [-0.2, 0) is 6.42 Å². The number of hydrogen-bond acceptors (Lipinski definition) is 3. The highest BCUT2D eigenvalue weighted by Gasteiger charge is 2.05. The summed E-state index contributed by atoms with van der Waals surface area (Å²) in [5.41, 5.74) is 1.79. The van der Waals surface area contributed by atoms with Crippen molar-refractivity contribution < 1.29 is 9.53 Å². The van der Waals surface area contributed by atoms with Gasteiger partial charge >= 0.3 is 0 Å². The van der Waals surface area contributed by atoms with Gasteiger partial charge in [0.1, 0.15) is 17.2 Å². The minimum Gasteiger partial charge on any atom is -0.456 e. The maximum atomic E-state index is 11.5. The van der Waals surface area contributed by atoms with Gasteiger partial charge in [-0.25, -0.2) is 4.98 Å². The van der Waals surface area contributed by atoms with Crippen molar-refractivity contribution in [2.45, 2.75) is 33.1 Å². The molecular formula is C17H19NO2. The van der Waals surface area contributed by atoms with E-state index in [1.807, 2.05) is 19.1 Å². The van der Waals surface area contributed by atoms with Crippen molar-refractivity contribution in [3.8, 4) is 11.5 Å². The molecule has 20 heavy (non-hydrogen) atoms. The smallest absolute Gasteiger partial charge is 0.180 e. The summed E-state index contributed by atoms with van der Waals surface area (Å²) in [5, 5.41) is 0. The topological polar surface area (TPSA) is 39.2 Å². The maximum Gasteiger partial charge on any atom is 0.180 e. The van der Waals surface area contributed by atoms with Gasteiger partial charge in [-0.1, -0.05) is 32.4 Å². The number of nitrogens with zero attached hydrogens (tertiary/aromatic N) is 1. The molecule has 0 unspecified atom stereocenters. The van der Waals surface area contributed by atoms with Gasteiger partial charge in [0.2, 0.25) is 0 Å². The number of ether oxygens (including phenoxy) is 1. The van der Waals surface area contributed by atoms with Crippen LogP contribution in [0.25, 0.3) is 0 Å². The third-order valence-corrected chi connectivity index (χ3v) is 3.04. The van der Waals surface area contributed by atoms with E-state index in [1.165, 1.54) is 5.56 Å². The number of Topliss-reactive ketones (excluding diaryl/α,β-unsaturated/α-hetero) is 1. The molecule has 1 aromatic heterocycles. The van der Waals surface area contributed by atoms with Gasteiger partial charge in [-0.3, -0.25) is 4.79 Å². The Morgan fingerprint density at radius 2 is 1.75 bits per heavy atom. The van der Waals surface area contributed by atoms with Crippen molar-refractivity contribution >= 4 is 5.78 Å². The van der Waals surface area contributed by atoms with E-state index in [4.69, 9.17) is 4.74 Å². The van der Waals surface area contributed by atoms with Crippen molar-refractivity contribution in [3.05, 3.63) is 53.9 Å². The number of carbonyl (C=O) groups is 1. The van der Waals surface area contributed by atoms with Crippen molar-refractivity contribution in [3.63, 3.8) is 0 Å². The normalized spacial score (nSPS) is 10.3. The Hall–Kier alpha value is -2.16. The number of carbonyl (C=O) groups excluding carboxylic acids is 1.